The maximum Gasteiger partial charge on any atom is 0.491 e. The second kappa shape index (κ2) is 6.62. The lowest BCUT2D eigenvalue weighted by Gasteiger charge is -2.31. The van der Waals surface area contributed by atoms with Crippen LogP contribution in [0.2, 0.25) is 0 Å². The van der Waals surface area contributed by atoms with Crippen LogP contribution in [0.3, 0.4) is 0 Å². The summed E-state index contributed by atoms with van der Waals surface area (Å²) in [6.07, 6.45) is -1.07. The molecule has 0 spiro atoms. The van der Waals surface area contributed by atoms with Gasteiger partial charge in [0.05, 0.1) is 0 Å². The van der Waals surface area contributed by atoms with Crippen molar-refractivity contribution in [2.45, 2.75) is 43.9 Å². The summed E-state index contributed by atoms with van der Waals surface area (Å²) < 4.78 is 48.8. The third kappa shape index (κ3) is 3.19. The van der Waals surface area contributed by atoms with E-state index in [0.717, 1.165) is 36.8 Å². The molecule has 29 heavy (non-hydrogen) atoms. The van der Waals surface area contributed by atoms with Crippen molar-refractivity contribution in [3.63, 3.8) is 0 Å². The first-order chi connectivity index (χ1) is 13.9. The van der Waals surface area contributed by atoms with Gasteiger partial charge >= 0.3 is 12.1 Å². The highest BCUT2D eigenvalue weighted by Gasteiger charge is 2.42. The Bertz CT molecular complexity index is 1010. The minimum atomic E-state index is -5.08. The van der Waals surface area contributed by atoms with E-state index in [0.29, 0.717) is 23.4 Å². The van der Waals surface area contributed by atoms with Crippen LogP contribution < -0.4 is 14.8 Å². The van der Waals surface area contributed by atoms with Crippen molar-refractivity contribution in [1.82, 2.24) is 5.32 Å². The molecule has 4 nitrogen and oxygen atoms in total. The van der Waals surface area contributed by atoms with E-state index in [1.54, 1.807) is 12.1 Å². The van der Waals surface area contributed by atoms with Crippen molar-refractivity contribution in [2.24, 2.45) is 0 Å². The number of benzene rings is 2. The summed E-state index contributed by atoms with van der Waals surface area (Å²) in [5, 5.41) is 3.60. The number of halogens is 3. The highest BCUT2D eigenvalue weighted by molar-refractivity contribution is 5.91. The van der Waals surface area contributed by atoms with Gasteiger partial charge in [-0.3, -0.25) is 0 Å². The van der Waals surface area contributed by atoms with Crippen LogP contribution in [0.5, 0.6) is 17.2 Å². The number of fused-ring (bicyclic) bond motifs is 4. The third-order valence-electron chi connectivity index (χ3n) is 5.72. The lowest BCUT2D eigenvalue weighted by atomic mass is 9.84. The Kier molecular flexibility index (Phi) is 4.17. The number of nitrogens with one attached hydrogen (secondary N) is 1. The first kappa shape index (κ1) is 18.2. The Hall–Kier alpha value is -2.80. The molecule has 2 atom stereocenters. The summed E-state index contributed by atoms with van der Waals surface area (Å²) in [4.78, 5) is 11.4. The summed E-state index contributed by atoms with van der Waals surface area (Å²) in [7, 11) is 0. The number of hydrogen-bond donors (Lipinski definition) is 1. The third-order valence-corrected chi connectivity index (χ3v) is 5.72. The van der Waals surface area contributed by atoms with Gasteiger partial charge in [-0.1, -0.05) is 35.9 Å². The first-order valence-electron chi connectivity index (χ1n) is 9.58. The number of hydrogen-bond acceptors (Lipinski definition) is 4. The normalized spacial score (nSPS) is 22.6. The van der Waals surface area contributed by atoms with Crippen LogP contribution in [0.15, 0.2) is 48.0 Å². The van der Waals surface area contributed by atoms with Crippen molar-refractivity contribution in [1.29, 1.82) is 0 Å². The molecule has 3 heterocycles. The second-order valence-corrected chi connectivity index (χ2v) is 7.64. The van der Waals surface area contributed by atoms with Gasteiger partial charge in [0.25, 0.3) is 0 Å². The van der Waals surface area contributed by atoms with Crippen LogP contribution in [0.4, 0.5) is 13.2 Å². The average molecular weight is 401 g/mol. The molecule has 2 saturated heterocycles. The van der Waals surface area contributed by atoms with E-state index < -0.39 is 12.1 Å². The maximum atomic E-state index is 12.7. The zero-order valence-corrected chi connectivity index (χ0v) is 15.4. The predicted molar refractivity (Wildman–Crippen MR) is 99.8 cm³/mol. The predicted octanol–water partition coefficient (Wildman–Crippen LogP) is 4.98. The molecule has 2 fully saturated rings. The number of carbonyl (C=O) groups excluding carboxylic acids is 1. The molecule has 7 heteroatoms. The Morgan fingerprint density at radius 1 is 1.00 bits per heavy atom. The fourth-order valence-electron chi connectivity index (χ4n) is 4.56. The highest BCUT2D eigenvalue weighted by Crippen LogP contribution is 2.51. The minimum absolute atomic E-state index is 0.150. The first-order valence-corrected chi connectivity index (χ1v) is 9.58. The number of esters is 1. The summed E-state index contributed by atoms with van der Waals surface area (Å²) in [5.41, 5.74) is 3.81. The monoisotopic (exact) mass is 401 g/mol. The van der Waals surface area contributed by atoms with Crippen molar-refractivity contribution >= 4 is 11.5 Å². The van der Waals surface area contributed by atoms with Gasteiger partial charge in [-0.05, 0) is 43.4 Å². The van der Waals surface area contributed by atoms with Gasteiger partial charge < -0.3 is 14.8 Å². The molecule has 2 aromatic rings. The van der Waals surface area contributed by atoms with Crippen molar-refractivity contribution in [3.05, 3.63) is 59.2 Å². The van der Waals surface area contributed by atoms with Crippen LogP contribution in [0.1, 0.15) is 36.8 Å². The maximum absolute atomic E-state index is 12.7. The van der Waals surface area contributed by atoms with Crippen LogP contribution in [-0.4, -0.2) is 24.2 Å². The SMILES string of the molecule is O=C(Oc1cccc2c1Oc1ccccc1C2=C1CC2CCC(C1)N2)C(F)(F)F. The molecule has 150 valence electrons. The molecule has 0 saturated carbocycles. The molecular weight excluding hydrogens is 383 g/mol. The molecule has 2 bridgehead atoms. The molecule has 1 N–H and O–H groups in total. The van der Waals surface area contributed by atoms with Crippen molar-refractivity contribution < 1.29 is 27.4 Å². The van der Waals surface area contributed by atoms with E-state index in [1.807, 2.05) is 24.3 Å². The van der Waals surface area contributed by atoms with Gasteiger partial charge in [0, 0.05) is 23.2 Å². The fourth-order valence-corrected chi connectivity index (χ4v) is 4.56. The van der Waals surface area contributed by atoms with Gasteiger partial charge in [0.1, 0.15) is 5.75 Å². The number of rotatable bonds is 1. The summed E-state index contributed by atoms with van der Waals surface area (Å²) in [6, 6.07) is 13.0. The molecule has 0 radical (unpaired) electrons. The van der Waals surface area contributed by atoms with Crippen molar-refractivity contribution in [2.75, 3.05) is 0 Å². The number of piperidine rings is 1. The fraction of sp³-hybridized carbons (Fsp3) is 0.318. The van der Waals surface area contributed by atoms with E-state index in [2.05, 4.69) is 10.1 Å². The van der Waals surface area contributed by atoms with Gasteiger partial charge in [-0.2, -0.15) is 13.2 Å². The van der Waals surface area contributed by atoms with Gasteiger partial charge in [0.2, 0.25) is 0 Å². The Morgan fingerprint density at radius 2 is 1.69 bits per heavy atom. The zero-order valence-electron chi connectivity index (χ0n) is 15.4. The van der Waals surface area contributed by atoms with Gasteiger partial charge in [-0.25, -0.2) is 4.79 Å². The molecule has 0 aromatic heterocycles. The summed E-state index contributed by atoms with van der Waals surface area (Å²) >= 11 is 0. The molecule has 2 unspecified atom stereocenters. The van der Waals surface area contributed by atoms with E-state index in [1.165, 1.54) is 11.6 Å². The number of para-hydroxylation sites is 2. The lowest BCUT2D eigenvalue weighted by Crippen LogP contribution is -2.35. The zero-order chi connectivity index (χ0) is 20.2. The van der Waals surface area contributed by atoms with E-state index in [-0.39, 0.29) is 11.5 Å². The Morgan fingerprint density at radius 3 is 2.41 bits per heavy atom. The quantitative estimate of drug-likeness (QED) is 0.462. The Labute approximate surface area is 165 Å². The smallest absolute Gasteiger partial charge is 0.452 e. The topological polar surface area (TPSA) is 47.6 Å². The molecule has 5 rings (SSSR count). The number of ether oxygens (including phenoxy) is 2. The van der Waals surface area contributed by atoms with Crippen LogP contribution >= 0.6 is 0 Å². The van der Waals surface area contributed by atoms with Crippen LogP contribution in [0.25, 0.3) is 5.57 Å². The number of alkyl halides is 3. The standard InChI is InChI=1S/C22H18F3NO3/c23-22(24,25)21(27)29-18-7-3-5-16-19(12-10-13-8-9-14(11-12)26-13)15-4-1-2-6-17(15)28-20(16)18/h1-7,13-14,26H,8-11H2. The van der Waals surface area contributed by atoms with E-state index >= 15 is 0 Å². The van der Waals surface area contributed by atoms with E-state index in [4.69, 9.17) is 4.74 Å². The van der Waals surface area contributed by atoms with Crippen LogP contribution in [-0.2, 0) is 4.79 Å². The lowest BCUT2D eigenvalue weighted by molar-refractivity contribution is -0.189. The summed E-state index contributed by atoms with van der Waals surface area (Å²) in [5.74, 6) is -1.79. The molecule has 3 aliphatic rings. The molecule has 0 aliphatic carbocycles. The molecule has 2 aromatic carbocycles. The van der Waals surface area contributed by atoms with E-state index in [9.17, 15) is 18.0 Å². The molecule has 3 aliphatic heterocycles. The van der Waals surface area contributed by atoms with Gasteiger partial charge in [-0.15, -0.1) is 0 Å². The summed E-state index contributed by atoms with van der Waals surface area (Å²) in [6.45, 7) is 0. The van der Waals surface area contributed by atoms with Gasteiger partial charge in [0.15, 0.2) is 11.5 Å². The largest absolute Gasteiger partial charge is 0.491 e. The average Bonchev–Trinajstić information content (AvgIpc) is 3.03. The molecular formula is C22H18F3NO3. The van der Waals surface area contributed by atoms with Crippen molar-refractivity contribution in [3.8, 4) is 17.2 Å². The number of carbonyl (C=O) groups is 1. The van der Waals surface area contributed by atoms with Crippen LogP contribution in [0, 0.1) is 0 Å². The highest BCUT2D eigenvalue weighted by atomic mass is 19.4. The Balaban J connectivity index is 1.65. The second-order valence-electron chi connectivity index (χ2n) is 7.64. The molecule has 0 amide bonds. The minimum Gasteiger partial charge on any atom is -0.452 e.